The van der Waals surface area contributed by atoms with E-state index in [4.69, 9.17) is 4.74 Å². The molecule has 0 radical (unpaired) electrons. The van der Waals surface area contributed by atoms with Crippen molar-refractivity contribution >= 4 is 27.3 Å². The Morgan fingerprint density at radius 1 is 1.53 bits per heavy atom. The molecule has 1 rings (SSSR count). The molecule has 0 spiro atoms. The lowest BCUT2D eigenvalue weighted by atomic mass is 10.1. The van der Waals surface area contributed by atoms with E-state index < -0.39 is 0 Å². The van der Waals surface area contributed by atoms with Gasteiger partial charge in [0.1, 0.15) is 0 Å². The summed E-state index contributed by atoms with van der Waals surface area (Å²) in [5, 5.41) is 3.48. The number of halogens is 1. The Labute approximate surface area is 104 Å². The van der Waals surface area contributed by atoms with Gasteiger partial charge in [0.05, 0.1) is 6.61 Å². The SMILES string of the molecule is COCC(C)(C)NCc1cc(Br)c(C)s1. The van der Waals surface area contributed by atoms with Crippen LogP contribution in [0.4, 0.5) is 0 Å². The van der Waals surface area contributed by atoms with E-state index in [-0.39, 0.29) is 5.54 Å². The van der Waals surface area contributed by atoms with Crippen molar-refractivity contribution < 1.29 is 4.74 Å². The van der Waals surface area contributed by atoms with Gasteiger partial charge in [0.2, 0.25) is 0 Å². The highest BCUT2D eigenvalue weighted by Crippen LogP contribution is 2.26. The lowest BCUT2D eigenvalue weighted by Crippen LogP contribution is -2.42. The summed E-state index contributed by atoms with van der Waals surface area (Å²) in [6, 6.07) is 2.18. The number of thiophene rings is 1. The second kappa shape index (κ2) is 5.43. The second-order valence-corrected chi connectivity index (χ2v) is 6.48. The molecule has 1 aromatic heterocycles. The van der Waals surface area contributed by atoms with Gasteiger partial charge in [-0.2, -0.15) is 0 Å². The molecular formula is C11H18BrNOS. The zero-order valence-electron chi connectivity index (χ0n) is 9.69. The van der Waals surface area contributed by atoms with Crippen molar-refractivity contribution in [1.82, 2.24) is 5.32 Å². The lowest BCUT2D eigenvalue weighted by Gasteiger charge is -2.24. The number of hydrogen-bond donors (Lipinski definition) is 1. The van der Waals surface area contributed by atoms with Gasteiger partial charge in [0.15, 0.2) is 0 Å². The second-order valence-electron chi connectivity index (χ2n) is 4.29. The molecular weight excluding hydrogens is 274 g/mol. The van der Waals surface area contributed by atoms with Gasteiger partial charge in [0.25, 0.3) is 0 Å². The van der Waals surface area contributed by atoms with Gasteiger partial charge in [0, 0.05) is 33.4 Å². The molecule has 4 heteroatoms. The van der Waals surface area contributed by atoms with Crippen molar-refractivity contribution in [2.45, 2.75) is 32.9 Å². The maximum Gasteiger partial charge on any atom is 0.0639 e. The van der Waals surface area contributed by atoms with Crippen molar-refractivity contribution in [3.05, 3.63) is 20.3 Å². The Bertz CT molecular complexity index is 303. The van der Waals surface area contributed by atoms with Crippen LogP contribution < -0.4 is 5.32 Å². The Morgan fingerprint density at radius 3 is 2.67 bits per heavy atom. The lowest BCUT2D eigenvalue weighted by molar-refractivity contribution is 0.128. The van der Waals surface area contributed by atoms with Crippen LogP contribution in [0.5, 0.6) is 0 Å². The fourth-order valence-corrected chi connectivity index (χ4v) is 2.88. The number of aryl methyl sites for hydroxylation is 1. The van der Waals surface area contributed by atoms with E-state index in [1.165, 1.54) is 14.2 Å². The zero-order valence-corrected chi connectivity index (χ0v) is 12.1. The molecule has 1 aromatic rings. The third-order valence-electron chi connectivity index (χ3n) is 2.15. The van der Waals surface area contributed by atoms with Crippen LogP contribution >= 0.6 is 27.3 Å². The predicted molar refractivity (Wildman–Crippen MR) is 69.6 cm³/mol. The van der Waals surface area contributed by atoms with Crippen molar-refractivity contribution in [3.8, 4) is 0 Å². The summed E-state index contributed by atoms with van der Waals surface area (Å²) in [4.78, 5) is 2.68. The summed E-state index contributed by atoms with van der Waals surface area (Å²) in [7, 11) is 1.73. The number of methoxy groups -OCH3 is 1. The third kappa shape index (κ3) is 4.23. The molecule has 0 fully saturated rings. The normalized spacial score (nSPS) is 12.1. The minimum absolute atomic E-state index is 0.0269. The summed E-state index contributed by atoms with van der Waals surface area (Å²) in [6.45, 7) is 8.03. The van der Waals surface area contributed by atoms with E-state index in [1.54, 1.807) is 7.11 Å². The van der Waals surface area contributed by atoms with Gasteiger partial charge in [-0.15, -0.1) is 11.3 Å². The minimum atomic E-state index is 0.0269. The van der Waals surface area contributed by atoms with Crippen LogP contribution in [0.15, 0.2) is 10.5 Å². The average Bonchev–Trinajstić information content (AvgIpc) is 2.44. The van der Waals surface area contributed by atoms with E-state index in [0.29, 0.717) is 0 Å². The molecule has 1 heterocycles. The Morgan fingerprint density at radius 2 is 2.20 bits per heavy atom. The van der Waals surface area contributed by atoms with Gasteiger partial charge in [-0.25, -0.2) is 0 Å². The minimum Gasteiger partial charge on any atom is -0.383 e. The standard InChI is InChI=1S/C11H18BrNOS/c1-8-10(12)5-9(15-8)6-13-11(2,3)7-14-4/h5,13H,6-7H2,1-4H3. The van der Waals surface area contributed by atoms with E-state index in [9.17, 15) is 0 Å². The molecule has 2 nitrogen and oxygen atoms in total. The zero-order chi connectivity index (χ0) is 11.5. The molecule has 0 aliphatic heterocycles. The first-order valence-corrected chi connectivity index (χ1v) is 6.54. The average molecular weight is 292 g/mol. The van der Waals surface area contributed by atoms with Gasteiger partial charge >= 0.3 is 0 Å². The quantitative estimate of drug-likeness (QED) is 0.898. The van der Waals surface area contributed by atoms with Gasteiger partial charge in [-0.05, 0) is 42.8 Å². The molecule has 0 saturated carbocycles. The maximum absolute atomic E-state index is 5.16. The molecule has 0 aliphatic rings. The highest BCUT2D eigenvalue weighted by atomic mass is 79.9. The predicted octanol–water partition coefficient (Wildman–Crippen LogP) is 3.33. The summed E-state index contributed by atoms with van der Waals surface area (Å²) in [5.41, 5.74) is 0.0269. The van der Waals surface area contributed by atoms with Crippen LogP contribution in [-0.2, 0) is 11.3 Å². The third-order valence-corrected chi connectivity index (χ3v) is 4.29. The molecule has 0 aromatic carbocycles. The Hall–Kier alpha value is 0.1000. The van der Waals surface area contributed by atoms with E-state index >= 15 is 0 Å². The number of hydrogen-bond acceptors (Lipinski definition) is 3. The topological polar surface area (TPSA) is 21.3 Å². The molecule has 0 bridgehead atoms. The van der Waals surface area contributed by atoms with Crippen LogP contribution in [0.25, 0.3) is 0 Å². The van der Waals surface area contributed by atoms with E-state index in [1.807, 2.05) is 11.3 Å². The van der Waals surface area contributed by atoms with Crippen LogP contribution in [-0.4, -0.2) is 19.3 Å². The molecule has 0 amide bonds. The number of rotatable bonds is 5. The van der Waals surface area contributed by atoms with Crippen molar-refractivity contribution in [1.29, 1.82) is 0 Å². The van der Waals surface area contributed by atoms with E-state index in [0.717, 1.165) is 13.2 Å². The fraction of sp³-hybridized carbons (Fsp3) is 0.636. The van der Waals surface area contributed by atoms with Crippen molar-refractivity contribution in [2.24, 2.45) is 0 Å². The van der Waals surface area contributed by atoms with Gasteiger partial charge in [-0.1, -0.05) is 0 Å². The fourth-order valence-electron chi connectivity index (χ4n) is 1.34. The molecule has 0 unspecified atom stereocenters. The molecule has 86 valence electrons. The molecule has 15 heavy (non-hydrogen) atoms. The first kappa shape index (κ1) is 13.2. The largest absolute Gasteiger partial charge is 0.383 e. The maximum atomic E-state index is 5.16. The smallest absolute Gasteiger partial charge is 0.0639 e. The van der Waals surface area contributed by atoms with Crippen LogP contribution in [0.2, 0.25) is 0 Å². The van der Waals surface area contributed by atoms with Crippen LogP contribution in [0.3, 0.4) is 0 Å². The summed E-state index contributed by atoms with van der Waals surface area (Å²) in [5.74, 6) is 0. The van der Waals surface area contributed by atoms with Gasteiger partial charge < -0.3 is 10.1 Å². The molecule has 0 saturated heterocycles. The molecule has 0 aliphatic carbocycles. The Balaban J connectivity index is 2.49. The molecule has 0 atom stereocenters. The number of nitrogens with one attached hydrogen (secondary N) is 1. The highest BCUT2D eigenvalue weighted by molar-refractivity contribution is 9.10. The highest BCUT2D eigenvalue weighted by Gasteiger charge is 2.16. The van der Waals surface area contributed by atoms with Gasteiger partial charge in [-0.3, -0.25) is 0 Å². The monoisotopic (exact) mass is 291 g/mol. The first-order valence-electron chi connectivity index (χ1n) is 4.93. The summed E-state index contributed by atoms with van der Waals surface area (Å²) < 4.78 is 6.36. The van der Waals surface area contributed by atoms with Crippen LogP contribution in [0.1, 0.15) is 23.6 Å². The Kier molecular flexibility index (Phi) is 4.77. The van der Waals surface area contributed by atoms with Crippen molar-refractivity contribution in [2.75, 3.05) is 13.7 Å². The van der Waals surface area contributed by atoms with Crippen molar-refractivity contribution in [3.63, 3.8) is 0 Å². The number of ether oxygens (including phenoxy) is 1. The summed E-state index contributed by atoms with van der Waals surface area (Å²) in [6.07, 6.45) is 0. The first-order chi connectivity index (χ1) is 6.94. The van der Waals surface area contributed by atoms with E-state index in [2.05, 4.69) is 48.1 Å². The van der Waals surface area contributed by atoms with Crippen LogP contribution in [0, 0.1) is 6.92 Å². The molecule has 1 N–H and O–H groups in total. The summed E-state index contributed by atoms with van der Waals surface area (Å²) >= 11 is 5.35.